The van der Waals surface area contributed by atoms with E-state index < -0.39 is 0 Å². The molecule has 0 fully saturated rings. The fourth-order valence-corrected chi connectivity index (χ4v) is 6.31. The van der Waals surface area contributed by atoms with Gasteiger partial charge in [-0.05, 0) is 86.3 Å². The van der Waals surface area contributed by atoms with Gasteiger partial charge in [0.05, 0.1) is 0 Å². The van der Waals surface area contributed by atoms with E-state index >= 15 is 0 Å². The molecule has 0 atom stereocenters. The molecule has 0 saturated heterocycles. The molecule has 45 heavy (non-hydrogen) atoms. The fraction of sp³-hybridized carbons (Fsp3) is 0.571. The summed E-state index contributed by atoms with van der Waals surface area (Å²) >= 11 is 0. The lowest BCUT2D eigenvalue weighted by atomic mass is 10.1. The average molecular weight is 612 g/mol. The van der Waals surface area contributed by atoms with Crippen LogP contribution < -0.4 is 14.7 Å². The molecule has 0 aliphatic rings. The monoisotopic (exact) mass is 612 g/mol. The normalized spacial score (nSPS) is 11.1. The lowest BCUT2D eigenvalue weighted by Crippen LogP contribution is -2.26. The molecule has 3 rings (SSSR count). The highest BCUT2D eigenvalue weighted by Gasteiger charge is 2.15. The number of hydrogen-bond acceptors (Lipinski definition) is 3. The SMILES string of the molecule is CCCCCCN(CCCCCC)c1ccc(N(c2ccccc2)c2ccc(N(CCCCCC)CCCCCC)cc2)cc1. The maximum atomic E-state index is 2.63. The van der Waals surface area contributed by atoms with E-state index in [0.717, 1.165) is 26.2 Å². The first-order valence-corrected chi connectivity index (χ1v) is 18.8. The maximum absolute atomic E-state index is 2.63. The van der Waals surface area contributed by atoms with Crippen molar-refractivity contribution in [3.63, 3.8) is 0 Å². The van der Waals surface area contributed by atoms with Gasteiger partial charge in [-0.15, -0.1) is 0 Å². The van der Waals surface area contributed by atoms with Crippen molar-refractivity contribution < 1.29 is 0 Å². The first-order valence-electron chi connectivity index (χ1n) is 18.8. The van der Waals surface area contributed by atoms with Crippen LogP contribution in [0.2, 0.25) is 0 Å². The molecule has 248 valence electrons. The molecule has 0 radical (unpaired) electrons. The molecule has 0 aromatic heterocycles. The van der Waals surface area contributed by atoms with Crippen LogP contribution in [0.4, 0.5) is 28.4 Å². The highest BCUT2D eigenvalue weighted by atomic mass is 15.2. The summed E-state index contributed by atoms with van der Waals surface area (Å²) in [6.07, 6.45) is 20.9. The fourth-order valence-electron chi connectivity index (χ4n) is 6.31. The molecule has 0 saturated carbocycles. The van der Waals surface area contributed by atoms with Crippen molar-refractivity contribution in [3.8, 4) is 0 Å². The van der Waals surface area contributed by atoms with Gasteiger partial charge in [-0.1, -0.05) is 123 Å². The van der Waals surface area contributed by atoms with Crippen molar-refractivity contribution in [1.29, 1.82) is 0 Å². The predicted octanol–water partition coefficient (Wildman–Crippen LogP) is 13.1. The number of nitrogens with zero attached hydrogens (tertiary/aromatic N) is 3. The highest BCUT2D eigenvalue weighted by Crippen LogP contribution is 2.36. The number of hydrogen-bond donors (Lipinski definition) is 0. The van der Waals surface area contributed by atoms with Gasteiger partial charge in [0.1, 0.15) is 0 Å². The summed E-state index contributed by atoms with van der Waals surface area (Å²) < 4.78 is 0. The third kappa shape index (κ3) is 13.1. The Labute approximate surface area is 278 Å². The van der Waals surface area contributed by atoms with E-state index in [1.807, 2.05) is 0 Å². The van der Waals surface area contributed by atoms with Gasteiger partial charge >= 0.3 is 0 Å². The molecule has 0 aliphatic carbocycles. The lowest BCUT2D eigenvalue weighted by Gasteiger charge is -2.29. The van der Waals surface area contributed by atoms with Gasteiger partial charge in [0, 0.05) is 54.6 Å². The molecule has 0 spiro atoms. The van der Waals surface area contributed by atoms with Gasteiger partial charge in [-0.3, -0.25) is 0 Å². The number of rotatable bonds is 25. The minimum Gasteiger partial charge on any atom is -0.372 e. The molecular weight excluding hydrogens is 546 g/mol. The third-order valence-corrected chi connectivity index (χ3v) is 9.09. The van der Waals surface area contributed by atoms with Gasteiger partial charge in [-0.25, -0.2) is 0 Å². The molecule has 0 unspecified atom stereocenters. The molecule has 3 heteroatoms. The number of para-hydroxylation sites is 1. The summed E-state index contributed by atoms with van der Waals surface area (Å²) in [6, 6.07) is 29.6. The second-order valence-corrected chi connectivity index (χ2v) is 12.9. The van der Waals surface area contributed by atoms with Crippen LogP contribution in [-0.2, 0) is 0 Å². The summed E-state index contributed by atoms with van der Waals surface area (Å²) in [5, 5.41) is 0. The summed E-state index contributed by atoms with van der Waals surface area (Å²) in [7, 11) is 0. The Bertz CT molecular complexity index is 1010. The summed E-state index contributed by atoms with van der Waals surface area (Å²) in [4.78, 5) is 7.67. The zero-order valence-electron chi connectivity index (χ0n) is 29.5. The van der Waals surface area contributed by atoms with Gasteiger partial charge in [-0.2, -0.15) is 0 Å². The number of anilines is 5. The third-order valence-electron chi connectivity index (χ3n) is 9.09. The molecule has 3 aromatic rings. The van der Waals surface area contributed by atoms with Crippen LogP contribution >= 0.6 is 0 Å². The minimum atomic E-state index is 1.16. The van der Waals surface area contributed by atoms with E-state index in [9.17, 15) is 0 Å². The first-order chi connectivity index (χ1) is 22.2. The van der Waals surface area contributed by atoms with E-state index in [-0.39, 0.29) is 0 Å². The van der Waals surface area contributed by atoms with Gasteiger partial charge < -0.3 is 14.7 Å². The van der Waals surface area contributed by atoms with Crippen LogP contribution in [-0.4, -0.2) is 26.2 Å². The van der Waals surface area contributed by atoms with E-state index in [4.69, 9.17) is 0 Å². The van der Waals surface area contributed by atoms with Crippen LogP contribution in [0, 0.1) is 0 Å². The molecule has 0 aliphatic heterocycles. The van der Waals surface area contributed by atoms with E-state index in [2.05, 4.69) is 121 Å². The zero-order chi connectivity index (χ0) is 32.0. The molecule has 0 heterocycles. The average Bonchev–Trinajstić information content (AvgIpc) is 3.08. The van der Waals surface area contributed by atoms with E-state index in [1.165, 1.54) is 131 Å². The maximum Gasteiger partial charge on any atom is 0.0463 e. The van der Waals surface area contributed by atoms with Crippen LogP contribution in [0.3, 0.4) is 0 Å². The second-order valence-electron chi connectivity index (χ2n) is 12.9. The van der Waals surface area contributed by atoms with Crippen LogP contribution in [0.1, 0.15) is 130 Å². The standard InChI is InChI=1S/C42H65N3/c1-5-9-13-20-34-43(35-21-14-10-6-2)38-26-30-41(31-27-38)45(40-24-18-17-19-25-40)42-32-28-39(29-33-42)44(36-22-15-11-7-3)37-23-16-12-8-4/h17-19,24-33H,5-16,20-23,34-37H2,1-4H3. The first kappa shape index (κ1) is 36.5. The Hall–Kier alpha value is -2.94. The Morgan fingerprint density at radius 3 is 0.911 bits per heavy atom. The number of unbranched alkanes of at least 4 members (excludes halogenated alkanes) is 12. The smallest absolute Gasteiger partial charge is 0.0463 e. The molecular formula is C42H65N3. The van der Waals surface area contributed by atoms with E-state index in [1.54, 1.807) is 0 Å². The quantitative estimate of drug-likeness (QED) is 0.0882. The van der Waals surface area contributed by atoms with Crippen LogP contribution in [0.25, 0.3) is 0 Å². The summed E-state index contributed by atoms with van der Waals surface area (Å²) in [5.74, 6) is 0. The zero-order valence-corrected chi connectivity index (χ0v) is 29.5. The Balaban J connectivity index is 1.82. The van der Waals surface area contributed by atoms with E-state index in [0.29, 0.717) is 0 Å². The Morgan fingerprint density at radius 2 is 0.600 bits per heavy atom. The molecule has 0 N–H and O–H groups in total. The van der Waals surface area contributed by atoms with Crippen molar-refractivity contribution >= 4 is 28.4 Å². The van der Waals surface area contributed by atoms with Gasteiger partial charge in [0.15, 0.2) is 0 Å². The van der Waals surface area contributed by atoms with Crippen molar-refractivity contribution in [1.82, 2.24) is 0 Å². The second kappa shape index (κ2) is 22.5. The van der Waals surface area contributed by atoms with Crippen molar-refractivity contribution in [3.05, 3.63) is 78.9 Å². The van der Waals surface area contributed by atoms with Gasteiger partial charge in [0.2, 0.25) is 0 Å². The van der Waals surface area contributed by atoms with Gasteiger partial charge in [0.25, 0.3) is 0 Å². The topological polar surface area (TPSA) is 9.72 Å². The summed E-state index contributed by atoms with van der Waals surface area (Å²) in [6.45, 7) is 13.8. The molecule has 3 aromatic carbocycles. The molecule has 0 bridgehead atoms. The minimum absolute atomic E-state index is 1.16. The van der Waals surface area contributed by atoms with Crippen molar-refractivity contribution in [2.24, 2.45) is 0 Å². The highest BCUT2D eigenvalue weighted by molar-refractivity contribution is 5.78. The Morgan fingerprint density at radius 1 is 0.311 bits per heavy atom. The summed E-state index contributed by atoms with van der Waals surface area (Å²) in [5.41, 5.74) is 6.34. The largest absolute Gasteiger partial charge is 0.372 e. The predicted molar refractivity (Wildman–Crippen MR) is 202 cm³/mol. The Kier molecular flexibility index (Phi) is 18.3. The molecule has 3 nitrogen and oxygen atoms in total. The number of benzene rings is 3. The van der Waals surface area contributed by atoms with Crippen molar-refractivity contribution in [2.75, 3.05) is 40.9 Å². The van der Waals surface area contributed by atoms with Crippen LogP contribution in [0.15, 0.2) is 78.9 Å². The lowest BCUT2D eigenvalue weighted by molar-refractivity contribution is 0.609. The van der Waals surface area contributed by atoms with Crippen LogP contribution in [0.5, 0.6) is 0 Å². The van der Waals surface area contributed by atoms with Crippen molar-refractivity contribution in [2.45, 2.75) is 130 Å². The molecule has 0 amide bonds.